The molecule has 98 valence electrons. The highest BCUT2D eigenvalue weighted by Crippen LogP contribution is 2.50. The van der Waals surface area contributed by atoms with E-state index in [9.17, 15) is 9.18 Å². The molecule has 0 saturated heterocycles. The average Bonchev–Trinajstić information content (AvgIpc) is 3.17. The first-order valence-electron chi connectivity index (χ1n) is 6.62. The smallest absolute Gasteiger partial charge is 0.233 e. The Hall–Kier alpha value is -1.38. The van der Waals surface area contributed by atoms with Crippen LogP contribution in [0.1, 0.15) is 38.2 Å². The number of benzene rings is 1. The zero-order chi connectivity index (χ0) is 13.2. The Kier molecular flexibility index (Phi) is 3.69. The summed E-state index contributed by atoms with van der Waals surface area (Å²) in [5.74, 6) is -0.187. The summed E-state index contributed by atoms with van der Waals surface area (Å²) >= 11 is 0. The quantitative estimate of drug-likeness (QED) is 0.785. The molecule has 0 unspecified atom stereocenters. The first-order chi connectivity index (χ1) is 8.62. The lowest BCUT2D eigenvalue weighted by Crippen LogP contribution is -2.37. The van der Waals surface area contributed by atoms with E-state index in [4.69, 9.17) is 0 Å². The molecule has 3 heteroatoms. The van der Waals surface area contributed by atoms with Crippen LogP contribution >= 0.6 is 0 Å². The van der Waals surface area contributed by atoms with Gasteiger partial charge in [-0.1, -0.05) is 31.5 Å². The number of rotatable bonds is 5. The van der Waals surface area contributed by atoms with Crippen LogP contribution in [0.5, 0.6) is 0 Å². The minimum atomic E-state index is -0.576. The SMILES string of the molecule is CCCCN(C)C(=O)C1(c2ccccc2F)CC1. The Labute approximate surface area is 108 Å². The summed E-state index contributed by atoms with van der Waals surface area (Å²) in [5.41, 5.74) is -0.00765. The molecule has 0 bridgehead atoms. The van der Waals surface area contributed by atoms with E-state index in [0.717, 1.165) is 32.2 Å². The second kappa shape index (κ2) is 5.09. The summed E-state index contributed by atoms with van der Waals surface area (Å²) in [7, 11) is 1.82. The Balaban J connectivity index is 2.17. The lowest BCUT2D eigenvalue weighted by molar-refractivity contribution is -0.132. The summed E-state index contributed by atoms with van der Waals surface area (Å²) in [4.78, 5) is 14.2. The first-order valence-corrected chi connectivity index (χ1v) is 6.62. The van der Waals surface area contributed by atoms with Gasteiger partial charge >= 0.3 is 0 Å². The van der Waals surface area contributed by atoms with Crippen LogP contribution in [0.25, 0.3) is 0 Å². The van der Waals surface area contributed by atoms with Crippen LogP contribution in [0.15, 0.2) is 24.3 Å². The molecule has 0 heterocycles. The second-order valence-corrected chi connectivity index (χ2v) is 5.14. The molecule has 0 atom stereocenters. The number of hydrogen-bond donors (Lipinski definition) is 0. The maximum absolute atomic E-state index is 13.8. The van der Waals surface area contributed by atoms with Crippen molar-refractivity contribution in [2.24, 2.45) is 0 Å². The number of halogens is 1. The largest absolute Gasteiger partial charge is 0.345 e. The van der Waals surface area contributed by atoms with Gasteiger partial charge in [-0.25, -0.2) is 4.39 Å². The number of carbonyl (C=O) groups excluding carboxylic acids is 1. The standard InChI is InChI=1S/C15H20FNO/c1-3-4-11-17(2)14(18)15(9-10-15)12-7-5-6-8-13(12)16/h5-8H,3-4,9-11H2,1-2H3. The lowest BCUT2D eigenvalue weighted by Gasteiger charge is -2.24. The van der Waals surface area contributed by atoms with Gasteiger partial charge in [-0.3, -0.25) is 4.79 Å². The highest BCUT2D eigenvalue weighted by Gasteiger charge is 2.53. The van der Waals surface area contributed by atoms with Crippen molar-refractivity contribution in [2.75, 3.05) is 13.6 Å². The third-order valence-electron chi connectivity index (χ3n) is 3.74. The van der Waals surface area contributed by atoms with E-state index in [-0.39, 0.29) is 11.7 Å². The van der Waals surface area contributed by atoms with Crippen LogP contribution in [0.2, 0.25) is 0 Å². The highest BCUT2D eigenvalue weighted by atomic mass is 19.1. The molecule has 18 heavy (non-hydrogen) atoms. The number of amides is 1. The van der Waals surface area contributed by atoms with E-state index < -0.39 is 5.41 Å². The molecule has 1 aromatic carbocycles. The van der Waals surface area contributed by atoms with E-state index in [2.05, 4.69) is 6.92 Å². The predicted octanol–water partition coefficient (Wildman–Crippen LogP) is 3.12. The van der Waals surface area contributed by atoms with Crippen molar-refractivity contribution in [2.45, 2.75) is 38.0 Å². The summed E-state index contributed by atoms with van der Waals surface area (Å²) in [6.45, 7) is 2.85. The minimum absolute atomic E-state index is 0.0704. The number of likely N-dealkylation sites (N-methyl/N-ethyl adjacent to an activating group) is 1. The fraction of sp³-hybridized carbons (Fsp3) is 0.533. The van der Waals surface area contributed by atoms with E-state index in [1.807, 2.05) is 7.05 Å². The third-order valence-corrected chi connectivity index (χ3v) is 3.74. The zero-order valence-corrected chi connectivity index (χ0v) is 11.1. The lowest BCUT2D eigenvalue weighted by atomic mass is 9.94. The van der Waals surface area contributed by atoms with Gasteiger partial charge in [0.2, 0.25) is 5.91 Å². The molecule has 1 aromatic rings. The molecule has 1 fully saturated rings. The third kappa shape index (κ3) is 2.26. The topological polar surface area (TPSA) is 20.3 Å². The normalized spacial score (nSPS) is 16.4. The van der Waals surface area contributed by atoms with Crippen molar-refractivity contribution < 1.29 is 9.18 Å². The van der Waals surface area contributed by atoms with Crippen molar-refractivity contribution in [3.63, 3.8) is 0 Å². The zero-order valence-electron chi connectivity index (χ0n) is 11.1. The Morgan fingerprint density at radius 3 is 2.61 bits per heavy atom. The van der Waals surface area contributed by atoms with Gasteiger partial charge in [0.15, 0.2) is 0 Å². The molecule has 0 N–H and O–H groups in total. The van der Waals surface area contributed by atoms with Crippen LogP contribution in [0.3, 0.4) is 0 Å². The second-order valence-electron chi connectivity index (χ2n) is 5.14. The van der Waals surface area contributed by atoms with E-state index in [0.29, 0.717) is 5.56 Å². The van der Waals surface area contributed by atoms with Crippen molar-refractivity contribution >= 4 is 5.91 Å². The van der Waals surface area contributed by atoms with Crippen molar-refractivity contribution in [3.05, 3.63) is 35.6 Å². The van der Waals surface area contributed by atoms with Crippen molar-refractivity contribution in [3.8, 4) is 0 Å². The molecule has 1 aliphatic rings. The molecular formula is C15H20FNO. The van der Waals surface area contributed by atoms with Crippen LogP contribution in [0.4, 0.5) is 4.39 Å². The van der Waals surface area contributed by atoms with Crippen LogP contribution in [-0.2, 0) is 10.2 Å². The highest BCUT2D eigenvalue weighted by molar-refractivity contribution is 5.91. The summed E-state index contributed by atoms with van der Waals surface area (Å²) in [6, 6.07) is 6.65. The van der Waals surface area contributed by atoms with E-state index in [1.54, 1.807) is 23.1 Å². The first kappa shape index (κ1) is 13.1. The van der Waals surface area contributed by atoms with E-state index >= 15 is 0 Å². The monoisotopic (exact) mass is 249 g/mol. The van der Waals surface area contributed by atoms with Gasteiger partial charge in [-0.15, -0.1) is 0 Å². The molecule has 0 spiro atoms. The van der Waals surface area contributed by atoms with Gasteiger partial charge in [0.25, 0.3) is 0 Å². The fourth-order valence-electron chi connectivity index (χ4n) is 2.43. The minimum Gasteiger partial charge on any atom is -0.345 e. The molecule has 1 aliphatic carbocycles. The molecule has 1 saturated carbocycles. The van der Waals surface area contributed by atoms with Crippen LogP contribution in [-0.4, -0.2) is 24.4 Å². The van der Waals surface area contributed by atoms with Gasteiger partial charge in [-0.05, 0) is 25.3 Å². The van der Waals surface area contributed by atoms with Gasteiger partial charge < -0.3 is 4.90 Å². The maximum Gasteiger partial charge on any atom is 0.233 e. The fourth-order valence-corrected chi connectivity index (χ4v) is 2.43. The maximum atomic E-state index is 13.8. The van der Waals surface area contributed by atoms with E-state index in [1.165, 1.54) is 6.07 Å². The Morgan fingerprint density at radius 2 is 2.06 bits per heavy atom. The molecule has 0 radical (unpaired) electrons. The number of unbranched alkanes of at least 4 members (excludes halogenated alkanes) is 1. The summed E-state index contributed by atoms with van der Waals surface area (Å²) in [5, 5.41) is 0. The van der Waals surface area contributed by atoms with Crippen molar-refractivity contribution in [1.29, 1.82) is 0 Å². The molecular weight excluding hydrogens is 229 g/mol. The number of nitrogens with zero attached hydrogens (tertiary/aromatic N) is 1. The Morgan fingerprint density at radius 1 is 1.39 bits per heavy atom. The van der Waals surface area contributed by atoms with Gasteiger partial charge in [-0.2, -0.15) is 0 Å². The number of carbonyl (C=O) groups is 1. The van der Waals surface area contributed by atoms with Gasteiger partial charge in [0.05, 0.1) is 5.41 Å². The molecule has 2 nitrogen and oxygen atoms in total. The molecule has 0 aromatic heterocycles. The number of hydrogen-bond acceptors (Lipinski definition) is 1. The molecule has 0 aliphatic heterocycles. The molecule has 2 rings (SSSR count). The van der Waals surface area contributed by atoms with Gasteiger partial charge in [0, 0.05) is 19.2 Å². The van der Waals surface area contributed by atoms with Crippen LogP contribution < -0.4 is 0 Å². The van der Waals surface area contributed by atoms with Crippen LogP contribution in [0, 0.1) is 5.82 Å². The predicted molar refractivity (Wildman–Crippen MR) is 69.9 cm³/mol. The van der Waals surface area contributed by atoms with Gasteiger partial charge in [0.1, 0.15) is 5.82 Å². The summed E-state index contributed by atoms with van der Waals surface area (Å²) < 4.78 is 13.8. The summed E-state index contributed by atoms with van der Waals surface area (Å²) in [6.07, 6.45) is 3.59. The van der Waals surface area contributed by atoms with Crippen molar-refractivity contribution in [1.82, 2.24) is 4.90 Å². The Bertz CT molecular complexity index is 440. The average molecular weight is 249 g/mol. The molecule has 1 amide bonds.